The van der Waals surface area contributed by atoms with E-state index in [1.807, 2.05) is 11.8 Å². The molecule has 1 aromatic rings. The number of carbonyl (C=O) groups is 4. The van der Waals surface area contributed by atoms with Crippen molar-refractivity contribution in [3.8, 4) is 0 Å². The molecule has 0 saturated carbocycles. The van der Waals surface area contributed by atoms with E-state index in [0.29, 0.717) is 31.0 Å². The number of carboxylic acids is 1. The number of likely N-dealkylation sites (N-methyl/N-ethyl adjacent to an activating group) is 1. The second kappa shape index (κ2) is 10.6. The molecule has 4 aliphatic rings. The van der Waals surface area contributed by atoms with Gasteiger partial charge >= 0.3 is 5.97 Å². The van der Waals surface area contributed by atoms with Gasteiger partial charge in [0.2, 0.25) is 17.7 Å². The summed E-state index contributed by atoms with van der Waals surface area (Å²) in [4.78, 5) is 55.9. The van der Waals surface area contributed by atoms with Crippen molar-refractivity contribution in [2.24, 2.45) is 11.8 Å². The number of aliphatic carboxylic acids is 1. The third-order valence-corrected chi connectivity index (χ3v) is 9.42. The Bertz CT molecular complexity index is 1140. The molecule has 5 rings (SSSR count). The molecule has 0 aromatic carbocycles. The van der Waals surface area contributed by atoms with E-state index in [1.165, 1.54) is 23.0 Å². The summed E-state index contributed by atoms with van der Waals surface area (Å²) in [7, 11) is 1.67. The molecule has 14 nitrogen and oxygen atoms in total. The van der Waals surface area contributed by atoms with E-state index in [1.54, 1.807) is 18.8 Å². The van der Waals surface area contributed by atoms with Crippen molar-refractivity contribution >= 4 is 35.5 Å². The van der Waals surface area contributed by atoms with Crippen molar-refractivity contribution in [3.05, 3.63) is 16.9 Å². The average Bonchev–Trinajstić information content (AvgIpc) is 3.66. The normalized spacial score (nSPS) is 31.4. The molecule has 7 atom stereocenters. The zero-order valence-corrected chi connectivity index (χ0v) is 22.3. The smallest absolute Gasteiger partial charge is 0.353 e. The fourth-order valence-electron chi connectivity index (χ4n) is 6.11. The van der Waals surface area contributed by atoms with E-state index < -0.39 is 17.9 Å². The molecule has 3 fully saturated rings. The zero-order chi connectivity index (χ0) is 27.1. The van der Waals surface area contributed by atoms with Crippen LogP contribution in [0, 0.1) is 11.8 Å². The topological polar surface area (TPSA) is 175 Å². The predicted octanol–water partition coefficient (Wildman–Crippen LogP) is -1.59. The third-order valence-electron chi connectivity index (χ3n) is 7.90. The van der Waals surface area contributed by atoms with Gasteiger partial charge in [0, 0.05) is 41.7 Å². The lowest BCUT2D eigenvalue weighted by Gasteiger charge is -2.47. The van der Waals surface area contributed by atoms with Crippen molar-refractivity contribution in [1.29, 1.82) is 0 Å². The van der Waals surface area contributed by atoms with Crippen molar-refractivity contribution in [2.75, 3.05) is 33.2 Å². The van der Waals surface area contributed by atoms with Gasteiger partial charge in [0.1, 0.15) is 5.70 Å². The van der Waals surface area contributed by atoms with Gasteiger partial charge in [0.25, 0.3) is 0 Å². The lowest BCUT2D eigenvalue weighted by atomic mass is 9.78. The minimum atomic E-state index is -1.14. The third kappa shape index (κ3) is 4.66. The van der Waals surface area contributed by atoms with Crippen molar-refractivity contribution in [1.82, 2.24) is 46.0 Å². The maximum atomic E-state index is 13.2. The lowest BCUT2D eigenvalue weighted by Crippen LogP contribution is -2.66. The fraction of sp³-hybridized carbons (Fsp3) is 0.696. The largest absolute Gasteiger partial charge is 0.477 e. The highest BCUT2D eigenvalue weighted by molar-refractivity contribution is 8.03. The van der Waals surface area contributed by atoms with Crippen molar-refractivity contribution < 1.29 is 24.3 Å². The van der Waals surface area contributed by atoms with Crippen LogP contribution in [0.4, 0.5) is 0 Å². The van der Waals surface area contributed by atoms with Gasteiger partial charge in [-0.15, -0.1) is 22.0 Å². The van der Waals surface area contributed by atoms with Crippen LogP contribution in [-0.2, 0) is 19.2 Å². The second-order valence-corrected chi connectivity index (χ2v) is 11.7. The molecular weight excluding hydrogens is 514 g/mol. The summed E-state index contributed by atoms with van der Waals surface area (Å²) < 4.78 is 0. The molecule has 3 amide bonds. The number of likely N-dealkylation sites (tertiary alicyclic amines) is 1. The number of β-lactam (4-membered cyclic amide) rings is 1. The first-order valence-corrected chi connectivity index (χ1v) is 13.7. The quantitative estimate of drug-likeness (QED) is 0.262. The molecule has 4 N–H and O–H groups in total. The van der Waals surface area contributed by atoms with Crippen LogP contribution in [0.25, 0.3) is 0 Å². The first kappa shape index (κ1) is 26.6. The van der Waals surface area contributed by atoms with Crippen LogP contribution in [0.3, 0.4) is 0 Å². The van der Waals surface area contributed by atoms with E-state index in [0.717, 1.165) is 6.42 Å². The van der Waals surface area contributed by atoms with Crippen LogP contribution in [-0.4, -0.2) is 115 Å². The Labute approximate surface area is 223 Å². The maximum absolute atomic E-state index is 13.2. The van der Waals surface area contributed by atoms with Gasteiger partial charge in [-0.1, -0.05) is 6.92 Å². The molecule has 4 aliphatic heterocycles. The average molecular weight is 548 g/mol. The molecule has 0 spiro atoms. The zero-order valence-electron chi connectivity index (χ0n) is 21.5. The molecule has 38 heavy (non-hydrogen) atoms. The summed E-state index contributed by atoms with van der Waals surface area (Å²) in [5, 5.41) is 30.7. The monoisotopic (exact) mass is 547 g/mol. The number of tetrazole rings is 1. The molecule has 0 bridgehead atoms. The van der Waals surface area contributed by atoms with E-state index >= 15 is 0 Å². The number of carbonyl (C=O) groups excluding carboxylic acids is 3. The summed E-state index contributed by atoms with van der Waals surface area (Å²) in [6.07, 6.45) is 2.71. The van der Waals surface area contributed by atoms with Crippen LogP contribution in [0.5, 0.6) is 0 Å². The Morgan fingerprint density at radius 1 is 1.34 bits per heavy atom. The molecule has 1 unspecified atom stereocenters. The Morgan fingerprint density at radius 3 is 2.82 bits per heavy atom. The maximum Gasteiger partial charge on any atom is 0.353 e. The van der Waals surface area contributed by atoms with Gasteiger partial charge in [0.15, 0.2) is 6.33 Å². The van der Waals surface area contributed by atoms with Gasteiger partial charge in [-0.25, -0.2) is 4.79 Å². The summed E-state index contributed by atoms with van der Waals surface area (Å²) in [5.74, 6) is -2.29. The molecule has 15 heteroatoms. The Hall–Kier alpha value is -3.04. The second-order valence-electron chi connectivity index (χ2n) is 10.3. The van der Waals surface area contributed by atoms with Crippen molar-refractivity contribution in [2.45, 2.75) is 56.1 Å². The van der Waals surface area contributed by atoms with Crippen molar-refractivity contribution in [3.63, 3.8) is 0 Å². The van der Waals surface area contributed by atoms with E-state index in [-0.39, 0.29) is 59.3 Å². The number of fused-ring (bicyclic) bond motifs is 1. The summed E-state index contributed by atoms with van der Waals surface area (Å²) in [6, 6.07) is -1.08. The Morgan fingerprint density at radius 2 is 2.13 bits per heavy atom. The van der Waals surface area contributed by atoms with Crippen LogP contribution in [0.15, 0.2) is 16.9 Å². The van der Waals surface area contributed by atoms with Crippen LogP contribution in [0.1, 0.15) is 32.7 Å². The molecule has 3 saturated heterocycles. The van der Waals surface area contributed by atoms with Gasteiger partial charge in [0.05, 0.1) is 30.6 Å². The van der Waals surface area contributed by atoms with E-state index in [4.69, 9.17) is 0 Å². The molecular formula is C23H33N9O5S. The Kier molecular flexibility index (Phi) is 7.42. The fourth-order valence-corrected chi connectivity index (χ4v) is 7.58. The molecule has 5 heterocycles. The number of aromatic nitrogens is 4. The minimum absolute atomic E-state index is 0.00820. The predicted molar refractivity (Wildman–Crippen MR) is 135 cm³/mol. The van der Waals surface area contributed by atoms with Crippen LogP contribution < -0.4 is 16.0 Å². The molecule has 1 aromatic heterocycles. The standard InChI is InChI=1S/C23H33N9O5S/c1-11-18-17(12(2)28-16(33)8-24-3)22(35)31(18)19(23(36)37)20(11)38-14-6-15(25-7-14)21(34)30-5-4-13(9-30)32-27-10-26-29-32/h10-15,17-18,24-25H,4-9H2,1-3H3,(H,28,33)(H,36,37)/t11-,12-,13?,14+,15+,17-,18-/m1/s1. The first-order chi connectivity index (χ1) is 18.2. The van der Waals surface area contributed by atoms with Crippen LogP contribution in [0.2, 0.25) is 0 Å². The highest BCUT2D eigenvalue weighted by atomic mass is 32.2. The molecule has 206 valence electrons. The highest BCUT2D eigenvalue weighted by Crippen LogP contribution is 2.51. The van der Waals surface area contributed by atoms with Gasteiger partial charge < -0.3 is 30.9 Å². The van der Waals surface area contributed by atoms with E-state index in [9.17, 15) is 24.3 Å². The summed E-state index contributed by atoms with van der Waals surface area (Å²) >= 11 is 1.45. The van der Waals surface area contributed by atoms with Crippen LogP contribution >= 0.6 is 11.8 Å². The highest BCUT2D eigenvalue weighted by Gasteiger charge is 2.60. The van der Waals surface area contributed by atoms with Gasteiger partial charge in [-0.05, 0) is 32.0 Å². The SMILES string of the molecule is CNCC(=O)N[C@H](C)[C@H]1C(=O)N2C(C(=O)O)=C(S[C@@H]3CN[C@H](C(=O)N4CCC(n5ncnn5)C4)C3)[C@H](C)[C@H]12. The lowest BCUT2D eigenvalue weighted by molar-refractivity contribution is -0.158. The number of hydrogen-bond donors (Lipinski definition) is 4. The number of nitrogens with one attached hydrogen (secondary N) is 3. The Balaban J connectivity index is 1.22. The number of thioether (sulfide) groups is 1. The number of amides is 3. The number of carboxylic acid groups (broad SMARTS) is 1. The first-order valence-electron chi connectivity index (χ1n) is 12.9. The minimum Gasteiger partial charge on any atom is -0.477 e. The van der Waals surface area contributed by atoms with E-state index in [2.05, 4.69) is 31.4 Å². The number of rotatable bonds is 9. The number of nitrogens with zero attached hydrogens (tertiary/aromatic N) is 6. The van der Waals surface area contributed by atoms with Gasteiger partial charge in [-0.2, -0.15) is 4.80 Å². The van der Waals surface area contributed by atoms with Gasteiger partial charge in [-0.3, -0.25) is 14.4 Å². The summed E-state index contributed by atoms with van der Waals surface area (Å²) in [6.45, 7) is 5.56. The molecule has 0 radical (unpaired) electrons. The molecule has 0 aliphatic carbocycles. The number of hydrogen-bond acceptors (Lipinski definition) is 10. The summed E-state index contributed by atoms with van der Waals surface area (Å²) in [5.41, 5.74) is 0.0278.